The summed E-state index contributed by atoms with van der Waals surface area (Å²) < 4.78 is 9.30. The molecule has 0 fully saturated rings. The number of aromatic hydroxyl groups is 1. The SMILES string of the molecule is CCOC=Nc1cc(O)c(NC(=O)CC)nc1N=Nc1snc2ncccc12. The zero-order valence-electron chi connectivity index (χ0n) is 15.2. The summed E-state index contributed by atoms with van der Waals surface area (Å²) in [5, 5.41) is 22.3. The van der Waals surface area contributed by atoms with Gasteiger partial charge in [-0.2, -0.15) is 4.37 Å². The Kier molecular flexibility index (Phi) is 6.17. The molecule has 0 aliphatic heterocycles. The molecule has 0 aliphatic rings. The molecule has 3 rings (SSSR count). The number of hydrogen-bond donors (Lipinski definition) is 2. The van der Waals surface area contributed by atoms with E-state index in [0.717, 1.165) is 16.9 Å². The van der Waals surface area contributed by atoms with Crippen LogP contribution in [0.3, 0.4) is 0 Å². The molecule has 3 aromatic heterocycles. The van der Waals surface area contributed by atoms with Crippen molar-refractivity contribution >= 4 is 57.2 Å². The van der Waals surface area contributed by atoms with Crippen LogP contribution in [-0.4, -0.2) is 38.4 Å². The summed E-state index contributed by atoms with van der Waals surface area (Å²) in [5.74, 6) is -0.454. The number of nitrogens with zero attached hydrogens (tertiary/aromatic N) is 6. The summed E-state index contributed by atoms with van der Waals surface area (Å²) in [6.07, 6.45) is 3.11. The third kappa shape index (κ3) is 4.43. The van der Waals surface area contributed by atoms with Gasteiger partial charge in [-0.1, -0.05) is 6.92 Å². The first kappa shape index (κ1) is 19.3. The maximum atomic E-state index is 11.7. The van der Waals surface area contributed by atoms with E-state index in [4.69, 9.17) is 4.74 Å². The molecule has 28 heavy (non-hydrogen) atoms. The first-order valence-electron chi connectivity index (χ1n) is 8.42. The normalized spacial score (nSPS) is 11.5. The zero-order chi connectivity index (χ0) is 19.9. The highest BCUT2D eigenvalue weighted by Crippen LogP contribution is 2.36. The monoisotopic (exact) mass is 399 g/mol. The van der Waals surface area contributed by atoms with Crippen molar-refractivity contribution in [2.24, 2.45) is 15.2 Å². The lowest BCUT2D eigenvalue weighted by Crippen LogP contribution is -2.10. The van der Waals surface area contributed by atoms with Gasteiger partial charge in [-0.05, 0) is 30.6 Å². The molecule has 0 atom stereocenters. The van der Waals surface area contributed by atoms with E-state index in [2.05, 4.69) is 34.9 Å². The minimum atomic E-state index is -0.296. The van der Waals surface area contributed by atoms with Crippen molar-refractivity contribution in [1.82, 2.24) is 14.3 Å². The van der Waals surface area contributed by atoms with Gasteiger partial charge in [-0.25, -0.2) is 15.0 Å². The Morgan fingerprint density at radius 1 is 1.39 bits per heavy atom. The third-order valence-corrected chi connectivity index (χ3v) is 4.18. The Morgan fingerprint density at radius 3 is 3.04 bits per heavy atom. The van der Waals surface area contributed by atoms with Gasteiger partial charge in [-0.15, -0.1) is 10.2 Å². The molecule has 0 saturated heterocycles. The standard InChI is InChI=1S/C17H17N7O3S/c1-3-13(26)20-16-12(25)8-11(19-9-27-4-2)15(21-16)22-23-17-10-6-5-7-18-14(10)24-28-17/h5-9,25H,3-4H2,1-2H3,(H,20,21,26). The Bertz CT molecular complexity index is 1050. The lowest BCUT2D eigenvalue weighted by atomic mass is 10.3. The van der Waals surface area contributed by atoms with E-state index in [1.54, 1.807) is 19.2 Å². The van der Waals surface area contributed by atoms with Crippen LogP contribution in [0.15, 0.2) is 39.6 Å². The second kappa shape index (κ2) is 8.95. The number of rotatable bonds is 7. The predicted molar refractivity (Wildman–Crippen MR) is 106 cm³/mol. The molecule has 3 heterocycles. The van der Waals surface area contributed by atoms with E-state index in [0.29, 0.717) is 17.3 Å². The Morgan fingerprint density at radius 2 is 2.25 bits per heavy atom. The molecule has 0 aromatic carbocycles. The number of aliphatic imine (C=N–C) groups is 1. The van der Waals surface area contributed by atoms with E-state index in [9.17, 15) is 9.90 Å². The van der Waals surface area contributed by atoms with Gasteiger partial charge < -0.3 is 15.2 Å². The summed E-state index contributed by atoms with van der Waals surface area (Å²) in [7, 11) is 0. The molecule has 0 saturated carbocycles. The lowest BCUT2D eigenvalue weighted by molar-refractivity contribution is -0.115. The van der Waals surface area contributed by atoms with Gasteiger partial charge in [0.05, 0.1) is 12.0 Å². The summed E-state index contributed by atoms with van der Waals surface area (Å²) in [6.45, 7) is 3.94. The molecule has 3 aromatic rings. The number of fused-ring (bicyclic) bond motifs is 1. The number of anilines is 1. The number of nitrogens with one attached hydrogen (secondary N) is 1. The number of carbonyl (C=O) groups excluding carboxylic acids is 1. The predicted octanol–water partition coefficient (Wildman–Crippen LogP) is 4.25. The highest BCUT2D eigenvalue weighted by Gasteiger charge is 2.13. The molecule has 0 spiro atoms. The lowest BCUT2D eigenvalue weighted by Gasteiger charge is -2.07. The number of azo groups is 1. The van der Waals surface area contributed by atoms with Crippen LogP contribution in [0.1, 0.15) is 20.3 Å². The molecule has 0 radical (unpaired) electrons. The van der Waals surface area contributed by atoms with Gasteiger partial charge in [0.2, 0.25) is 11.7 Å². The second-order valence-electron chi connectivity index (χ2n) is 5.35. The van der Waals surface area contributed by atoms with Gasteiger partial charge in [0.25, 0.3) is 0 Å². The quantitative estimate of drug-likeness (QED) is 0.346. The van der Waals surface area contributed by atoms with Crippen molar-refractivity contribution in [3.8, 4) is 5.75 Å². The van der Waals surface area contributed by atoms with Crippen molar-refractivity contribution in [3.63, 3.8) is 0 Å². The summed E-state index contributed by atoms with van der Waals surface area (Å²) >= 11 is 1.15. The summed E-state index contributed by atoms with van der Waals surface area (Å²) in [6, 6.07) is 4.95. The van der Waals surface area contributed by atoms with E-state index in [-0.39, 0.29) is 35.4 Å². The van der Waals surface area contributed by atoms with E-state index < -0.39 is 0 Å². The van der Waals surface area contributed by atoms with Crippen molar-refractivity contribution in [3.05, 3.63) is 24.4 Å². The molecular weight excluding hydrogens is 382 g/mol. The molecule has 10 nitrogen and oxygen atoms in total. The van der Waals surface area contributed by atoms with E-state index >= 15 is 0 Å². The number of aromatic nitrogens is 3. The van der Waals surface area contributed by atoms with E-state index in [1.165, 1.54) is 12.5 Å². The smallest absolute Gasteiger partial charge is 0.225 e. The Hall–Kier alpha value is -3.47. The van der Waals surface area contributed by atoms with Crippen LogP contribution in [-0.2, 0) is 9.53 Å². The molecule has 0 unspecified atom stereocenters. The van der Waals surface area contributed by atoms with E-state index in [1.807, 2.05) is 13.0 Å². The summed E-state index contributed by atoms with van der Waals surface area (Å²) in [4.78, 5) is 24.1. The minimum absolute atomic E-state index is 0.0213. The topological polar surface area (TPSA) is 134 Å². The van der Waals surface area contributed by atoms with Gasteiger partial charge in [0.15, 0.2) is 28.6 Å². The van der Waals surface area contributed by atoms with Crippen LogP contribution in [0.4, 0.5) is 22.3 Å². The van der Waals surface area contributed by atoms with Gasteiger partial charge >= 0.3 is 0 Å². The maximum absolute atomic E-state index is 11.7. The zero-order valence-corrected chi connectivity index (χ0v) is 16.0. The van der Waals surface area contributed by atoms with Crippen molar-refractivity contribution in [1.29, 1.82) is 0 Å². The molecule has 144 valence electrons. The van der Waals surface area contributed by atoms with Gasteiger partial charge in [0, 0.05) is 18.7 Å². The highest BCUT2D eigenvalue weighted by atomic mass is 32.1. The van der Waals surface area contributed by atoms with Crippen molar-refractivity contribution < 1.29 is 14.6 Å². The van der Waals surface area contributed by atoms with Gasteiger partial charge in [0.1, 0.15) is 5.69 Å². The van der Waals surface area contributed by atoms with Gasteiger partial charge in [-0.3, -0.25) is 4.79 Å². The molecule has 11 heteroatoms. The van der Waals surface area contributed by atoms with Crippen LogP contribution < -0.4 is 5.32 Å². The summed E-state index contributed by atoms with van der Waals surface area (Å²) in [5.41, 5.74) is 0.807. The number of ether oxygens (including phenoxy) is 1. The molecule has 0 bridgehead atoms. The fourth-order valence-corrected chi connectivity index (χ4v) is 2.72. The number of carbonyl (C=O) groups is 1. The Labute approximate surface area is 164 Å². The Balaban J connectivity index is 2.00. The largest absolute Gasteiger partial charge is 0.504 e. The fourth-order valence-electron chi connectivity index (χ4n) is 2.07. The number of amides is 1. The average Bonchev–Trinajstić information content (AvgIpc) is 3.12. The van der Waals surface area contributed by atoms with Crippen LogP contribution in [0.2, 0.25) is 0 Å². The third-order valence-electron chi connectivity index (χ3n) is 3.45. The second-order valence-corrected chi connectivity index (χ2v) is 6.10. The van der Waals surface area contributed by atoms with Crippen molar-refractivity contribution in [2.45, 2.75) is 20.3 Å². The minimum Gasteiger partial charge on any atom is -0.504 e. The van der Waals surface area contributed by atoms with Crippen LogP contribution in [0, 0.1) is 0 Å². The molecule has 2 N–H and O–H groups in total. The van der Waals surface area contributed by atoms with Crippen LogP contribution >= 0.6 is 11.5 Å². The maximum Gasteiger partial charge on any atom is 0.225 e. The van der Waals surface area contributed by atoms with Crippen LogP contribution in [0.25, 0.3) is 11.0 Å². The molecule has 1 amide bonds. The molecular formula is C17H17N7O3S. The van der Waals surface area contributed by atoms with Crippen LogP contribution in [0.5, 0.6) is 5.75 Å². The average molecular weight is 399 g/mol. The molecule has 0 aliphatic carbocycles. The number of hydrogen-bond acceptors (Lipinski definition) is 10. The highest BCUT2D eigenvalue weighted by molar-refractivity contribution is 7.11. The number of pyridine rings is 2. The first-order chi connectivity index (χ1) is 13.6. The fraction of sp³-hybridized carbons (Fsp3) is 0.235. The van der Waals surface area contributed by atoms with Crippen molar-refractivity contribution in [2.75, 3.05) is 11.9 Å². The first-order valence-corrected chi connectivity index (χ1v) is 9.19.